The van der Waals surface area contributed by atoms with Crippen LogP contribution >= 0.6 is 0 Å². The van der Waals surface area contributed by atoms with Crippen molar-refractivity contribution in [3.63, 3.8) is 0 Å². The molecule has 0 aliphatic rings. The Labute approximate surface area is 289 Å². The van der Waals surface area contributed by atoms with Crippen molar-refractivity contribution >= 4 is 40.6 Å². The van der Waals surface area contributed by atoms with Crippen LogP contribution < -0.4 is 4.90 Å². The molecular weight excluding hydrogens is 606 g/mol. The molecular formula is C44H41NO4. The quantitative estimate of drug-likeness (QED) is 0.0682. The first-order valence-corrected chi connectivity index (χ1v) is 16.3. The van der Waals surface area contributed by atoms with Crippen LogP contribution in [0.15, 0.2) is 147 Å². The third kappa shape index (κ3) is 9.55. The number of aryl methyl sites for hydroxylation is 2. The van der Waals surface area contributed by atoms with Crippen molar-refractivity contribution in [1.82, 2.24) is 0 Å². The Balaban J connectivity index is 1.45. The predicted octanol–water partition coefficient (Wildman–Crippen LogP) is 9.91. The van der Waals surface area contributed by atoms with Gasteiger partial charge in [0, 0.05) is 42.1 Å². The second-order valence-electron chi connectivity index (χ2n) is 11.8. The van der Waals surface area contributed by atoms with Gasteiger partial charge in [-0.3, -0.25) is 0 Å². The van der Waals surface area contributed by atoms with E-state index in [4.69, 9.17) is 9.47 Å². The smallest absolute Gasteiger partial charge is 0.330 e. The van der Waals surface area contributed by atoms with Gasteiger partial charge in [0.05, 0.1) is 13.2 Å². The van der Waals surface area contributed by atoms with Gasteiger partial charge >= 0.3 is 11.9 Å². The fourth-order valence-electron chi connectivity index (χ4n) is 5.41. The molecule has 0 unspecified atom stereocenters. The summed E-state index contributed by atoms with van der Waals surface area (Å²) in [6, 6.07) is 42.4. The lowest BCUT2D eigenvalue weighted by Gasteiger charge is -2.26. The van der Waals surface area contributed by atoms with Crippen molar-refractivity contribution in [2.45, 2.75) is 26.7 Å². The van der Waals surface area contributed by atoms with Gasteiger partial charge in [-0.15, -0.1) is 0 Å². The molecule has 0 fully saturated rings. The number of nitrogens with zero attached hydrogens (tertiary/aromatic N) is 1. The highest BCUT2D eigenvalue weighted by Gasteiger charge is 2.13. The number of rotatable bonds is 14. The molecule has 246 valence electrons. The van der Waals surface area contributed by atoms with E-state index in [1.54, 1.807) is 0 Å². The Hall–Kier alpha value is -5.94. The van der Waals surface area contributed by atoms with Gasteiger partial charge in [0.25, 0.3) is 0 Å². The summed E-state index contributed by atoms with van der Waals surface area (Å²) in [5.41, 5.74) is 12.1. The van der Waals surface area contributed by atoms with Crippen LogP contribution in [-0.4, -0.2) is 25.2 Å². The van der Waals surface area contributed by atoms with Crippen molar-refractivity contribution in [2.24, 2.45) is 0 Å². The Morgan fingerprint density at radius 3 is 1.29 bits per heavy atom. The average Bonchev–Trinajstić information content (AvgIpc) is 3.13. The molecule has 0 spiro atoms. The van der Waals surface area contributed by atoms with Crippen molar-refractivity contribution in [3.05, 3.63) is 186 Å². The summed E-state index contributed by atoms with van der Waals surface area (Å²) in [5.74, 6) is -0.841. The lowest BCUT2D eigenvalue weighted by Crippen LogP contribution is -2.09. The molecule has 5 heteroatoms. The maximum atomic E-state index is 11.5. The van der Waals surface area contributed by atoms with E-state index in [1.807, 2.05) is 0 Å². The summed E-state index contributed by atoms with van der Waals surface area (Å²) >= 11 is 0. The molecule has 0 bridgehead atoms. The van der Waals surface area contributed by atoms with Gasteiger partial charge < -0.3 is 14.4 Å². The summed E-state index contributed by atoms with van der Waals surface area (Å²) in [6.45, 7) is 11.7. The molecule has 0 aromatic heterocycles. The van der Waals surface area contributed by atoms with Crippen LogP contribution in [0.2, 0.25) is 0 Å². The maximum Gasteiger partial charge on any atom is 0.330 e. The van der Waals surface area contributed by atoms with Crippen LogP contribution in [-0.2, 0) is 31.9 Å². The molecule has 5 aromatic rings. The molecule has 0 radical (unpaired) electrons. The van der Waals surface area contributed by atoms with Gasteiger partial charge in [-0.25, -0.2) is 9.59 Å². The second-order valence-corrected chi connectivity index (χ2v) is 11.8. The number of benzene rings is 5. The van der Waals surface area contributed by atoms with Crippen LogP contribution in [0.25, 0.3) is 11.6 Å². The number of carbonyl (C=O) groups excluding carboxylic acids is 2. The SMILES string of the molecule is C=CC(=O)OCCc1ccc(C(=Cc2ccc(N(c3ccc(C)cc3)c3ccc(C)cc3)cc2)c2ccc(CCOC(=O)C=C)cc2)cc1. The lowest BCUT2D eigenvalue weighted by atomic mass is 9.93. The molecule has 5 aromatic carbocycles. The van der Waals surface area contributed by atoms with Crippen LogP contribution in [0.1, 0.15) is 38.9 Å². The molecule has 49 heavy (non-hydrogen) atoms. The van der Waals surface area contributed by atoms with Crippen LogP contribution in [0.3, 0.4) is 0 Å². The minimum absolute atomic E-state index is 0.297. The molecule has 0 amide bonds. The summed E-state index contributed by atoms with van der Waals surface area (Å²) < 4.78 is 10.3. The predicted molar refractivity (Wildman–Crippen MR) is 200 cm³/mol. The van der Waals surface area contributed by atoms with E-state index in [9.17, 15) is 9.59 Å². The van der Waals surface area contributed by atoms with E-state index < -0.39 is 11.9 Å². The molecule has 0 N–H and O–H groups in total. The van der Waals surface area contributed by atoms with E-state index in [1.165, 1.54) is 23.3 Å². The maximum absolute atomic E-state index is 11.5. The molecule has 5 nitrogen and oxygen atoms in total. The second kappa shape index (κ2) is 16.8. The number of esters is 2. The zero-order valence-corrected chi connectivity index (χ0v) is 28.1. The summed E-state index contributed by atoms with van der Waals surface area (Å²) in [4.78, 5) is 25.2. The van der Waals surface area contributed by atoms with Crippen LogP contribution in [0, 0.1) is 13.8 Å². The zero-order valence-electron chi connectivity index (χ0n) is 28.1. The molecule has 0 saturated heterocycles. The third-order valence-corrected chi connectivity index (χ3v) is 8.18. The van der Waals surface area contributed by atoms with E-state index in [0.29, 0.717) is 26.1 Å². The largest absolute Gasteiger partial charge is 0.462 e. The molecule has 0 aliphatic heterocycles. The normalized spacial score (nSPS) is 10.5. The highest BCUT2D eigenvalue weighted by Crippen LogP contribution is 2.35. The standard InChI is InChI=1S/C44H41NO4/c1-5-43(46)48-29-27-34-11-17-37(18-12-34)42(38-19-13-35(14-20-38)28-30-49-44(47)6-2)31-36-15-25-41(26-16-36)45(39-21-7-32(3)8-22-39)40-23-9-33(4)10-24-40/h5-26,31H,1-2,27-30H2,3-4H3. The van der Waals surface area contributed by atoms with Crippen molar-refractivity contribution < 1.29 is 19.1 Å². The highest BCUT2D eigenvalue weighted by atomic mass is 16.5. The minimum Gasteiger partial charge on any atom is -0.462 e. The van der Waals surface area contributed by atoms with Gasteiger partial charge in [0.1, 0.15) is 0 Å². The molecule has 5 rings (SSSR count). The van der Waals surface area contributed by atoms with E-state index >= 15 is 0 Å². The monoisotopic (exact) mass is 647 g/mol. The van der Waals surface area contributed by atoms with E-state index in [-0.39, 0.29) is 0 Å². The number of ether oxygens (including phenoxy) is 2. The number of carbonyl (C=O) groups is 2. The van der Waals surface area contributed by atoms with E-state index in [2.05, 4.69) is 159 Å². The Morgan fingerprint density at radius 1 is 0.551 bits per heavy atom. The first kappa shape index (κ1) is 34.4. The average molecular weight is 648 g/mol. The Bertz CT molecular complexity index is 1790. The fraction of sp³-hybridized carbons (Fsp3) is 0.136. The minimum atomic E-state index is -0.420. The Kier molecular flexibility index (Phi) is 11.8. The zero-order chi connectivity index (χ0) is 34.6. The summed E-state index contributed by atoms with van der Waals surface area (Å²) in [7, 11) is 0. The fourth-order valence-corrected chi connectivity index (χ4v) is 5.41. The van der Waals surface area contributed by atoms with Crippen LogP contribution in [0.5, 0.6) is 0 Å². The third-order valence-electron chi connectivity index (χ3n) is 8.18. The topological polar surface area (TPSA) is 55.8 Å². The van der Waals surface area contributed by atoms with Gasteiger partial charge in [-0.05, 0) is 89.7 Å². The first-order valence-electron chi connectivity index (χ1n) is 16.3. The summed E-state index contributed by atoms with van der Waals surface area (Å²) in [5, 5.41) is 0. The van der Waals surface area contributed by atoms with Crippen molar-refractivity contribution in [1.29, 1.82) is 0 Å². The molecule has 0 saturated carbocycles. The molecule has 0 heterocycles. The van der Waals surface area contributed by atoms with Gasteiger partial charge in [0.2, 0.25) is 0 Å². The van der Waals surface area contributed by atoms with Gasteiger partial charge in [-0.2, -0.15) is 0 Å². The number of hydrogen-bond acceptors (Lipinski definition) is 5. The molecule has 0 aliphatic carbocycles. The van der Waals surface area contributed by atoms with Crippen molar-refractivity contribution in [3.8, 4) is 0 Å². The van der Waals surface area contributed by atoms with Crippen molar-refractivity contribution in [2.75, 3.05) is 18.1 Å². The Morgan fingerprint density at radius 2 is 0.918 bits per heavy atom. The lowest BCUT2D eigenvalue weighted by molar-refractivity contribution is -0.138. The van der Waals surface area contributed by atoms with E-state index in [0.717, 1.165) is 50.5 Å². The highest BCUT2D eigenvalue weighted by molar-refractivity contribution is 5.92. The molecule has 0 atom stereocenters. The number of hydrogen-bond donors (Lipinski definition) is 0. The first-order chi connectivity index (χ1) is 23.8. The van der Waals surface area contributed by atoms with Crippen LogP contribution in [0.4, 0.5) is 17.1 Å². The van der Waals surface area contributed by atoms with Gasteiger partial charge in [0.15, 0.2) is 0 Å². The summed E-state index contributed by atoms with van der Waals surface area (Å²) in [6.07, 6.45) is 5.78. The van der Waals surface area contributed by atoms with Gasteiger partial charge in [-0.1, -0.05) is 109 Å². The number of anilines is 3.